The SMILES string of the molecule is CC1(CN=C(N)N2CCSCC2)CCCO1.I. The van der Waals surface area contributed by atoms with E-state index in [0.717, 1.165) is 44.0 Å². The predicted molar refractivity (Wildman–Crippen MR) is 84.4 cm³/mol. The maximum atomic E-state index is 6.00. The zero-order valence-electron chi connectivity index (χ0n) is 10.4. The number of nitrogens with zero attached hydrogens (tertiary/aromatic N) is 2. The van der Waals surface area contributed by atoms with E-state index in [-0.39, 0.29) is 29.6 Å². The molecule has 0 aromatic rings. The molecule has 1 atom stereocenters. The number of nitrogens with two attached hydrogens (primary N) is 1. The maximum Gasteiger partial charge on any atom is 0.191 e. The van der Waals surface area contributed by atoms with Crippen molar-refractivity contribution in [3.63, 3.8) is 0 Å². The summed E-state index contributed by atoms with van der Waals surface area (Å²) in [4.78, 5) is 6.66. The normalized spacial score (nSPS) is 30.2. The predicted octanol–water partition coefficient (Wildman–Crippen LogP) is 1.54. The van der Waals surface area contributed by atoms with Crippen LogP contribution in [-0.2, 0) is 4.74 Å². The molecule has 0 aliphatic carbocycles. The second-order valence-electron chi connectivity index (χ2n) is 4.68. The van der Waals surface area contributed by atoms with Gasteiger partial charge in [-0.3, -0.25) is 4.99 Å². The highest BCUT2D eigenvalue weighted by molar-refractivity contribution is 14.0. The van der Waals surface area contributed by atoms with Crippen LogP contribution in [0.2, 0.25) is 0 Å². The van der Waals surface area contributed by atoms with Crippen LogP contribution in [0.3, 0.4) is 0 Å². The van der Waals surface area contributed by atoms with Crippen molar-refractivity contribution in [3.8, 4) is 0 Å². The average molecular weight is 371 g/mol. The number of hydrogen-bond acceptors (Lipinski definition) is 3. The summed E-state index contributed by atoms with van der Waals surface area (Å²) in [5.74, 6) is 3.01. The summed E-state index contributed by atoms with van der Waals surface area (Å²) in [6, 6.07) is 0. The van der Waals surface area contributed by atoms with E-state index in [1.807, 2.05) is 11.8 Å². The van der Waals surface area contributed by atoms with E-state index < -0.39 is 0 Å². The van der Waals surface area contributed by atoms with E-state index in [4.69, 9.17) is 10.5 Å². The van der Waals surface area contributed by atoms with E-state index in [9.17, 15) is 0 Å². The first-order chi connectivity index (χ1) is 7.70. The first-order valence-electron chi connectivity index (χ1n) is 5.96. The number of guanidine groups is 1. The lowest BCUT2D eigenvalue weighted by Gasteiger charge is -2.28. The molecule has 2 rings (SSSR count). The van der Waals surface area contributed by atoms with Crippen LogP contribution < -0.4 is 5.73 Å². The van der Waals surface area contributed by atoms with Crippen molar-refractivity contribution in [1.29, 1.82) is 0 Å². The van der Waals surface area contributed by atoms with E-state index in [2.05, 4.69) is 16.8 Å². The van der Waals surface area contributed by atoms with Gasteiger partial charge < -0.3 is 15.4 Å². The number of thioether (sulfide) groups is 1. The largest absolute Gasteiger partial charge is 0.373 e. The van der Waals surface area contributed by atoms with Gasteiger partial charge in [-0.15, -0.1) is 24.0 Å². The van der Waals surface area contributed by atoms with E-state index in [0.29, 0.717) is 12.5 Å². The van der Waals surface area contributed by atoms with Crippen LogP contribution >= 0.6 is 35.7 Å². The molecule has 17 heavy (non-hydrogen) atoms. The van der Waals surface area contributed by atoms with Crippen molar-refractivity contribution < 1.29 is 4.74 Å². The molecule has 2 aliphatic rings. The number of hydrogen-bond donors (Lipinski definition) is 1. The third-order valence-electron chi connectivity index (χ3n) is 3.21. The minimum absolute atomic E-state index is 0. The summed E-state index contributed by atoms with van der Waals surface area (Å²) in [6.07, 6.45) is 2.24. The molecule has 0 spiro atoms. The Bertz CT molecular complexity index is 263. The van der Waals surface area contributed by atoms with Crippen molar-refractivity contribution in [3.05, 3.63) is 0 Å². The summed E-state index contributed by atoms with van der Waals surface area (Å²) in [6.45, 7) is 5.74. The van der Waals surface area contributed by atoms with Crippen molar-refractivity contribution >= 4 is 41.7 Å². The minimum Gasteiger partial charge on any atom is -0.373 e. The Hall–Kier alpha value is 0.310. The molecular weight excluding hydrogens is 349 g/mol. The van der Waals surface area contributed by atoms with Gasteiger partial charge in [0.15, 0.2) is 5.96 Å². The molecule has 4 nitrogen and oxygen atoms in total. The summed E-state index contributed by atoms with van der Waals surface area (Å²) in [7, 11) is 0. The van der Waals surface area contributed by atoms with Gasteiger partial charge in [-0.1, -0.05) is 0 Å². The second kappa shape index (κ2) is 7.04. The monoisotopic (exact) mass is 371 g/mol. The molecule has 0 aromatic heterocycles. The van der Waals surface area contributed by atoms with Gasteiger partial charge in [0.1, 0.15) is 0 Å². The van der Waals surface area contributed by atoms with Crippen LogP contribution in [0.4, 0.5) is 0 Å². The molecule has 0 radical (unpaired) electrons. The third-order valence-corrected chi connectivity index (χ3v) is 4.15. The minimum atomic E-state index is -0.0742. The summed E-state index contributed by atoms with van der Waals surface area (Å²) >= 11 is 1.98. The fourth-order valence-corrected chi connectivity index (χ4v) is 3.01. The lowest BCUT2D eigenvalue weighted by atomic mass is 10.0. The number of rotatable bonds is 2. The van der Waals surface area contributed by atoms with E-state index in [1.54, 1.807) is 0 Å². The quantitative estimate of drug-likeness (QED) is 0.455. The standard InChI is InChI=1S/C11H21N3OS.HI/c1-11(3-2-6-15-11)9-13-10(12)14-4-7-16-8-5-14;/h2-9H2,1H3,(H2,12,13);1H. The molecule has 2 fully saturated rings. The van der Waals surface area contributed by atoms with Gasteiger partial charge in [0, 0.05) is 31.2 Å². The Morgan fingerprint density at radius 3 is 2.76 bits per heavy atom. The Morgan fingerprint density at radius 1 is 1.47 bits per heavy atom. The van der Waals surface area contributed by atoms with Crippen LogP contribution in [0.1, 0.15) is 19.8 Å². The highest BCUT2D eigenvalue weighted by Gasteiger charge is 2.29. The van der Waals surface area contributed by atoms with Gasteiger partial charge in [0.25, 0.3) is 0 Å². The number of halogens is 1. The zero-order chi connectivity index (χ0) is 11.4. The molecule has 2 N–H and O–H groups in total. The number of aliphatic imine (C=N–C) groups is 1. The lowest BCUT2D eigenvalue weighted by molar-refractivity contribution is 0.0282. The molecular formula is C11H22IN3OS. The van der Waals surface area contributed by atoms with Crippen molar-refractivity contribution in [2.75, 3.05) is 37.7 Å². The lowest BCUT2D eigenvalue weighted by Crippen LogP contribution is -2.43. The first-order valence-corrected chi connectivity index (χ1v) is 7.12. The molecule has 6 heteroatoms. The van der Waals surface area contributed by atoms with Gasteiger partial charge in [-0.25, -0.2) is 0 Å². The summed E-state index contributed by atoms with van der Waals surface area (Å²) < 4.78 is 5.69. The van der Waals surface area contributed by atoms with Crippen molar-refractivity contribution in [2.24, 2.45) is 10.7 Å². The van der Waals surface area contributed by atoms with Crippen LogP contribution in [-0.4, -0.2) is 54.2 Å². The van der Waals surface area contributed by atoms with Gasteiger partial charge in [-0.2, -0.15) is 11.8 Å². The van der Waals surface area contributed by atoms with Crippen LogP contribution in [0, 0.1) is 0 Å². The Labute approximate surface area is 125 Å². The van der Waals surface area contributed by atoms with Crippen LogP contribution in [0.25, 0.3) is 0 Å². The molecule has 0 bridgehead atoms. The fourth-order valence-electron chi connectivity index (χ4n) is 2.10. The van der Waals surface area contributed by atoms with Gasteiger partial charge in [-0.05, 0) is 19.8 Å². The first kappa shape index (κ1) is 15.4. The molecule has 0 aromatic carbocycles. The Kier molecular flexibility index (Phi) is 6.36. The van der Waals surface area contributed by atoms with Crippen LogP contribution in [0.15, 0.2) is 4.99 Å². The molecule has 2 saturated heterocycles. The van der Waals surface area contributed by atoms with Gasteiger partial charge >= 0.3 is 0 Å². The fraction of sp³-hybridized carbons (Fsp3) is 0.909. The smallest absolute Gasteiger partial charge is 0.191 e. The zero-order valence-corrected chi connectivity index (χ0v) is 13.5. The highest BCUT2D eigenvalue weighted by atomic mass is 127. The molecule has 1 unspecified atom stereocenters. The molecule has 0 saturated carbocycles. The summed E-state index contributed by atoms with van der Waals surface area (Å²) in [5.41, 5.74) is 5.92. The molecule has 2 aliphatic heterocycles. The molecule has 100 valence electrons. The number of ether oxygens (including phenoxy) is 1. The van der Waals surface area contributed by atoms with Gasteiger partial charge in [0.05, 0.1) is 12.1 Å². The second-order valence-corrected chi connectivity index (χ2v) is 5.90. The molecule has 0 amide bonds. The van der Waals surface area contributed by atoms with Crippen molar-refractivity contribution in [1.82, 2.24) is 4.90 Å². The van der Waals surface area contributed by atoms with Crippen molar-refractivity contribution in [2.45, 2.75) is 25.4 Å². The Balaban J connectivity index is 0.00000144. The van der Waals surface area contributed by atoms with Gasteiger partial charge in [0.2, 0.25) is 0 Å². The van der Waals surface area contributed by atoms with E-state index in [1.165, 1.54) is 0 Å². The van der Waals surface area contributed by atoms with E-state index >= 15 is 0 Å². The maximum absolute atomic E-state index is 6.00. The highest BCUT2D eigenvalue weighted by Crippen LogP contribution is 2.25. The topological polar surface area (TPSA) is 50.8 Å². The Morgan fingerprint density at radius 2 is 2.18 bits per heavy atom. The molecule has 2 heterocycles. The average Bonchev–Trinajstić information content (AvgIpc) is 2.75. The third kappa shape index (κ3) is 4.48. The van der Waals surface area contributed by atoms with Crippen LogP contribution in [0.5, 0.6) is 0 Å². The summed E-state index contributed by atoms with van der Waals surface area (Å²) in [5, 5.41) is 0.